The average Bonchev–Trinajstić information content (AvgIpc) is 3.06. The molecule has 0 bridgehead atoms. The minimum Gasteiger partial charge on any atom is -0.314 e. The largest absolute Gasteiger partial charge is 0.314 e. The van der Waals surface area contributed by atoms with E-state index in [1.165, 1.54) is 25.0 Å². The van der Waals surface area contributed by atoms with Crippen molar-refractivity contribution in [2.24, 2.45) is 5.92 Å². The summed E-state index contributed by atoms with van der Waals surface area (Å²) < 4.78 is 26.0. The molecule has 0 heterocycles. The monoisotopic (exact) mass is 239 g/mol. The van der Waals surface area contributed by atoms with Crippen LogP contribution in [0.5, 0.6) is 0 Å². The summed E-state index contributed by atoms with van der Waals surface area (Å²) in [6, 6.07) is 4.29. The molecule has 1 N–H and O–H groups in total. The molecule has 1 aliphatic rings. The molecule has 1 atom stereocenters. The first-order valence-electron chi connectivity index (χ1n) is 6.37. The van der Waals surface area contributed by atoms with Crippen molar-refractivity contribution in [2.75, 3.05) is 6.54 Å². The smallest absolute Gasteiger partial charge is 0.126 e. The highest BCUT2D eigenvalue weighted by Gasteiger charge is 2.29. The highest BCUT2D eigenvalue weighted by Crippen LogP contribution is 2.34. The van der Waals surface area contributed by atoms with Gasteiger partial charge in [0.15, 0.2) is 0 Å². The standard InChI is InChI=1S/C14H19F2N/c1-2-17-14(11-4-5-11)6-3-10-7-12(15)9-13(16)8-10/h7-9,11,14,17H,2-6H2,1H3. The fourth-order valence-corrected chi connectivity index (χ4v) is 2.34. The van der Waals surface area contributed by atoms with Crippen molar-refractivity contribution in [3.63, 3.8) is 0 Å². The molecule has 1 aromatic rings. The normalized spacial score (nSPS) is 17.1. The maximum Gasteiger partial charge on any atom is 0.126 e. The molecule has 1 unspecified atom stereocenters. The molecule has 0 spiro atoms. The van der Waals surface area contributed by atoms with Gasteiger partial charge in [-0.25, -0.2) is 8.78 Å². The van der Waals surface area contributed by atoms with Gasteiger partial charge in [0.2, 0.25) is 0 Å². The van der Waals surface area contributed by atoms with E-state index in [2.05, 4.69) is 12.2 Å². The Morgan fingerprint density at radius 2 is 1.88 bits per heavy atom. The second-order valence-corrected chi connectivity index (χ2v) is 4.82. The van der Waals surface area contributed by atoms with Gasteiger partial charge < -0.3 is 5.32 Å². The average molecular weight is 239 g/mol. The lowest BCUT2D eigenvalue weighted by atomic mass is 10.0. The van der Waals surface area contributed by atoms with Crippen LogP contribution in [0.2, 0.25) is 0 Å². The molecule has 17 heavy (non-hydrogen) atoms. The maximum absolute atomic E-state index is 13.0. The zero-order valence-electron chi connectivity index (χ0n) is 10.2. The summed E-state index contributed by atoms with van der Waals surface area (Å²) in [6.45, 7) is 3.05. The van der Waals surface area contributed by atoms with E-state index in [0.717, 1.165) is 36.9 Å². The molecule has 1 saturated carbocycles. The van der Waals surface area contributed by atoms with E-state index >= 15 is 0 Å². The topological polar surface area (TPSA) is 12.0 Å². The number of hydrogen-bond acceptors (Lipinski definition) is 1. The van der Waals surface area contributed by atoms with Gasteiger partial charge >= 0.3 is 0 Å². The SMILES string of the molecule is CCNC(CCc1cc(F)cc(F)c1)C1CC1. The third kappa shape index (κ3) is 3.77. The van der Waals surface area contributed by atoms with E-state index in [9.17, 15) is 8.78 Å². The maximum atomic E-state index is 13.0. The zero-order valence-corrected chi connectivity index (χ0v) is 10.2. The number of halogens is 2. The fraction of sp³-hybridized carbons (Fsp3) is 0.571. The van der Waals surface area contributed by atoms with Gasteiger partial charge in [0.05, 0.1) is 0 Å². The molecule has 0 amide bonds. The van der Waals surface area contributed by atoms with Crippen molar-refractivity contribution in [2.45, 2.75) is 38.6 Å². The van der Waals surface area contributed by atoms with Gasteiger partial charge in [0.1, 0.15) is 11.6 Å². The molecule has 1 aromatic carbocycles. The first-order valence-corrected chi connectivity index (χ1v) is 6.37. The van der Waals surface area contributed by atoms with E-state index in [0.29, 0.717) is 6.04 Å². The van der Waals surface area contributed by atoms with Crippen LogP contribution in [0.3, 0.4) is 0 Å². The molecule has 0 aliphatic heterocycles. The molecule has 94 valence electrons. The van der Waals surface area contributed by atoms with Gasteiger partial charge in [-0.15, -0.1) is 0 Å². The lowest BCUT2D eigenvalue weighted by Gasteiger charge is -2.17. The van der Waals surface area contributed by atoms with Gasteiger partial charge in [-0.05, 0) is 55.8 Å². The summed E-state index contributed by atoms with van der Waals surface area (Å²) >= 11 is 0. The highest BCUT2D eigenvalue weighted by molar-refractivity contribution is 5.18. The van der Waals surface area contributed by atoms with Crippen LogP contribution in [0.25, 0.3) is 0 Å². The molecular formula is C14H19F2N. The predicted molar refractivity (Wildman–Crippen MR) is 64.9 cm³/mol. The molecule has 0 saturated heterocycles. The van der Waals surface area contributed by atoms with Gasteiger partial charge in [-0.3, -0.25) is 0 Å². The van der Waals surface area contributed by atoms with Crippen LogP contribution in [0.4, 0.5) is 8.78 Å². The summed E-state index contributed by atoms with van der Waals surface area (Å²) in [6.07, 6.45) is 4.27. The predicted octanol–water partition coefficient (Wildman–Crippen LogP) is 3.29. The van der Waals surface area contributed by atoms with Gasteiger partial charge in [-0.2, -0.15) is 0 Å². The molecule has 0 radical (unpaired) electrons. The number of benzene rings is 1. The minimum absolute atomic E-state index is 0.480. The third-order valence-electron chi connectivity index (χ3n) is 3.32. The Kier molecular flexibility index (Phi) is 4.11. The summed E-state index contributed by atoms with van der Waals surface area (Å²) in [4.78, 5) is 0. The van der Waals surface area contributed by atoms with Gasteiger partial charge in [0.25, 0.3) is 0 Å². The van der Waals surface area contributed by atoms with Crippen LogP contribution in [0.1, 0.15) is 31.7 Å². The van der Waals surface area contributed by atoms with Crippen molar-refractivity contribution < 1.29 is 8.78 Å². The second kappa shape index (κ2) is 5.58. The second-order valence-electron chi connectivity index (χ2n) is 4.82. The Hall–Kier alpha value is -0.960. The van der Waals surface area contributed by atoms with Crippen LogP contribution in [-0.4, -0.2) is 12.6 Å². The number of nitrogens with one attached hydrogen (secondary N) is 1. The third-order valence-corrected chi connectivity index (χ3v) is 3.32. The Morgan fingerprint density at radius 3 is 2.41 bits per heavy atom. The number of aryl methyl sites for hydroxylation is 1. The van der Waals surface area contributed by atoms with Crippen LogP contribution >= 0.6 is 0 Å². The number of hydrogen-bond donors (Lipinski definition) is 1. The van der Waals surface area contributed by atoms with Crippen molar-refractivity contribution in [1.29, 1.82) is 0 Å². The van der Waals surface area contributed by atoms with Crippen LogP contribution in [0, 0.1) is 17.6 Å². The van der Waals surface area contributed by atoms with Crippen molar-refractivity contribution in [3.05, 3.63) is 35.4 Å². The molecule has 2 rings (SSSR count). The van der Waals surface area contributed by atoms with Gasteiger partial charge in [0, 0.05) is 12.1 Å². The Labute approximate surface area is 101 Å². The first kappa shape index (κ1) is 12.5. The quantitative estimate of drug-likeness (QED) is 0.803. The summed E-state index contributed by atoms with van der Waals surface area (Å²) in [5.41, 5.74) is 0.756. The molecule has 1 aliphatic carbocycles. The van der Waals surface area contributed by atoms with Crippen LogP contribution in [0.15, 0.2) is 18.2 Å². The van der Waals surface area contributed by atoms with Crippen LogP contribution in [-0.2, 0) is 6.42 Å². The van der Waals surface area contributed by atoms with Crippen molar-refractivity contribution >= 4 is 0 Å². The van der Waals surface area contributed by atoms with E-state index in [4.69, 9.17) is 0 Å². The minimum atomic E-state index is -0.480. The lowest BCUT2D eigenvalue weighted by molar-refractivity contribution is 0.445. The van der Waals surface area contributed by atoms with E-state index in [1.54, 1.807) is 0 Å². The molecule has 1 fully saturated rings. The summed E-state index contributed by atoms with van der Waals surface area (Å²) in [5.74, 6) is -0.189. The zero-order chi connectivity index (χ0) is 12.3. The Bertz CT molecular complexity index is 354. The number of rotatable bonds is 6. The molecular weight excluding hydrogens is 220 g/mol. The first-order chi connectivity index (χ1) is 8.19. The fourth-order valence-electron chi connectivity index (χ4n) is 2.34. The summed E-state index contributed by atoms with van der Waals surface area (Å²) in [5, 5.41) is 3.46. The lowest BCUT2D eigenvalue weighted by Crippen LogP contribution is -2.31. The molecule has 3 heteroatoms. The van der Waals surface area contributed by atoms with E-state index < -0.39 is 11.6 Å². The molecule has 0 aromatic heterocycles. The van der Waals surface area contributed by atoms with E-state index in [-0.39, 0.29) is 0 Å². The Morgan fingerprint density at radius 1 is 1.24 bits per heavy atom. The van der Waals surface area contributed by atoms with Gasteiger partial charge in [-0.1, -0.05) is 6.92 Å². The van der Waals surface area contributed by atoms with E-state index in [1.807, 2.05) is 0 Å². The van der Waals surface area contributed by atoms with Crippen molar-refractivity contribution in [1.82, 2.24) is 5.32 Å². The van der Waals surface area contributed by atoms with Crippen molar-refractivity contribution in [3.8, 4) is 0 Å². The van der Waals surface area contributed by atoms with Crippen LogP contribution < -0.4 is 5.32 Å². The summed E-state index contributed by atoms with van der Waals surface area (Å²) in [7, 11) is 0. The Balaban J connectivity index is 1.91. The molecule has 1 nitrogen and oxygen atoms in total. The highest BCUT2D eigenvalue weighted by atomic mass is 19.1.